The average molecular weight is 447 g/mol. The van der Waals surface area contributed by atoms with E-state index in [4.69, 9.17) is 9.15 Å². The molecule has 172 valence electrons. The van der Waals surface area contributed by atoms with E-state index in [0.29, 0.717) is 35.3 Å². The maximum atomic E-state index is 13.8. The van der Waals surface area contributed by atoms with Gasteiger partial charge in [-0.05, 0) is 44.3 Å². The number of ketones is 1. The summed E-state index contributed by atoms with van der Waals surface area (Å²) in [6, 6.07) is 10.6. The molecule has 1 heterocycles. The minimum Gasteiger partial charge on any atom is -0.492 e. The molecule has 0 N–H and O–H groups in total. The highest BCUT2D eigenvalue weighted by atomic mass is 19.4. The Bertz CT molecular complexity index is 1070. The summed E-state index contributed by atoms with van der Waals surface area (Å²) >= 11 is 0. The maximum absolute atomic E-state index is 13.8. The zero-order valence-corrected chi connectivity index (χ0v) is 18.6. The summed E-state index contributed by atoms with van der Waals surface area (Å²) in [6.07, 6.45) is -2.38. The third-order valence-electron chi connectivity index (χ3n) is 5.47. The molecule has 1 aromatic heterocycles. The number of benzene rings is 2. The number of aryl methyl sites for hydroxylation is 1. The predicted molar refractivity (Wildman–Crippen MR) is 118 cm³/mol. The second-order valence-electron chi connectivity index (χ2n) is 7.78. The number of nitrogens with zero attached hydrogens (tertiary/aromatic N) is 1. The number of hydrogen-bond donors (Lipinski definition) is 0. The molecule has 0 bridgehead atoms. The monoisotopic (exact) mass is 447 g/mol. The number of likely N-dealkylation sites (N-methyl/N-ethyl adjacent to an activating group) is 1. The number of hydrogen-bond acceptors (Lipinski definition) is 4. The topological polar surface area (TPSA) is 42.7 Å². The van der Waals surface area contributed by atoms with Gasteiger partial charge in [-0.2, -0.15) is 13.2 Å². The third kappa shape index (κ3) is 5.33. The number of alkyl halides is 3. The fourth-order valence-electron chi connectivity index (χ4n) is 3.49. The van der Waals surface area contributed by atoms with Gasteiger partial charge in [0.1, 0.15) is 23.7 Å². The smallest absolute Gasteiger partial charge is 0.419 e. The molecule has 0 radical (unpaired) electrons. The first-order chi connectivity index (χ1) is 15.3. The van der Waals surface area contributed by atoms with Crippen LogP contribution in [0.25, 0.3) is 11.0 Å². The summed E-state index contributed by atoms with van der Waals surface area (Å²) in [7, 11) is 1.86. The van der Waals surface area contributed by atoms with E-state index in [9.17, 15) is 18.0 Å². The van der Waals surface area contributed by atoms with Crippen molar-refractivity contribution in [2.24, 2.45) is 0 Å². The molecule has 3 aromatic rings. The molecule has 0 saturated heterocycles. The third-order valence-corrected chi connectivity index (χ3v) is 5.47. The zero-order valence-electron chi connectivity index (χ0n) is 18.6. The number of furan rings is 1. The summed E-state index contributed by atoms with van der Waals surface area (Å²) in [4.78, 5) is 15.3. The Morgan fingerprint density at radius 2 is 1.88 bits per heavy atom. The number of carbonyl (C=O) groups excluding carboxylic acids is 1. The average Bonchev–Trinajstić information content (AvgIpc) is 3.14. The number of fused-ring (bicyclic) bond motifs is 1. The summed E-state index contributed by atoms with van der Waals surface area (Å²) in [5.41, 5.74) is -0.108. The first kappa shape index (κ1) is 23.9. The van der Waals surface area contributed by atoms with Gasteiger partial charge in [-0.25, -0.2) is 0 Å². The van der Waals surface area contributed by atoms with Crippen LogP contribution in [0.2, 0.25) is 0 Å². The van der Waals surface area contributed by atoms with E-state index in [1.165, 1.54) is 12.1 Å². The van der Waals surface area contributed by atoms with Crippen molar-refractivity contribution >= 4 is 16.8 Å². The molecule has 0 saturated carbocycles. The van der Waals surface area contributed by atoms with Crippen LogP contribution in [-0.2, 0) is 12.6 Å². The van der Waals surface area contributed by atoms with Crippen molar-refractivity contribution in [1.29, 1.82) is 0 Å². The molecule has 32 heavy (non-hydrogen) atoms. The van der Waals surface area contributed by atoms with Crippen LogP contribution in [0.5, 0.6) is 5.75 Å². The van der Waals surface area contributed by atoms with E-state index in [1.807, 2.05) is 25.8 Å². The number of unbranched alkanes of at least 4 members (excludes halogenated alkanes) is 1. The van der Waals surface area contributed by atoms with Gasteiger partial charge in [-0.15, -0.1) is 0 Å². The van der Waals surface area contributed by atoms with Gasteiger partial charge in [-0.3, -0.25) is 4.79 Å². The lowest BCUT2D eigenvalue weighted by atomic mass is 9.96. The molecular formula is C25H28F3NO3. The molecule has 0 aliphatic carbocycles. The molecule has 0 fully saturated rings. The van der Waals surface area contributed by atoms with Gasteiger partial charge in [-0.1, -0.05) is 38.5 Å². The lowest BCUT2D eigenvalue weighted by Gasteiger charge is -2.18. The SMILES string of the molecule is CCCCc1oc2ccccc2c1C(=O)c1ccc(OCCN(C)CC)c(C(F)(F)F)c1. The molecule has 7 heteroatoms. The Labute approximate surface area is 186 Å². The highest BCUT2D eigenvalue weighted by molar-refractivity contribution is 6.17. The summed E-state index contributed by atoms with van der Waals surface area (Å²) in [6.45, 7) is 5.36. The fourth-order valence-corrected chi connectivity index (χ4v) is 3.49. The van der Waals surface area contributed by atoms with Gasteiger partial charge < -0.3 is 14.1 Å². The van der Waals surface area contributed by atoms with Crippen molar-refractivity contribution in [2.75, 3.05) is 26.7 Å². The Balaban J connectivity index is 1.98. The van der Waals surface area contributed by atoms with Crippen molar-refractivity contribution in [2.45, 2.75) is 39.3 Å². The van der Waals surface area contributed by atoms with Gasteiger partial charge in [0.15, 0.2) is 5.78 Å². The molecule has 0 spiro atoms. The highest BCUT2D eigenvalue weighted by Gasteiger charge is 2.35. The maximum Gasteiger partial charge on any atom is 0.419 e. The van der Waals surface area contributed by atoms with E-state index in [2.05, 4.69) is 0 Å². The molecule has 0 aliphatic rings. The van der Waals surface area contributed by atoms with Crippen LogP contribution < -0.4 is 4.74 Å². The van der Waals surface area contributed by atoms with Gasteiger partial charge in [0.05, 0.1) is 11.1 Å². The molecule has 3 rings (SSSR count). The minimum absolute atomic E-state index is 0.0420. The zero-order chi connectivity index (χ0) is 23.3. The second-order valence-corrected chi connectivity index (χ2v) is 7.78. The Kier molecular flexibility index (Phi) is 7.61. The van der Waals surface area contributed by atoms with E-state index < -0.39 is 17.5 Å². The minimum atomic E-state index is -4.65. The normalized spacial score (nSPS) is 12.0. The van der Waals surface area contributed by atoms with Crippen molar-refractivity contribution in [3.63, 3.8) is 0 Å². The van der Waals surface area contributed by atoms with Crippen molar-refractivity contribution in [3.05, 3.63) is 64.9 Å². The standard InChI is InChI=1S/C25H28F3NO3/c1-4-6-10-22-23(18-9-7-8-11-20(18)32-22)24(30)17-12-13-21(19(16-17)25(26,27)28)31-15-14-29(3)5-2/h7-9,11-13,16H,4-6,10,14-15H2,1-3H3. The van der Waals surface area contributed by atoms with Crippen LogP contribution >= 0.6 is 0 Å². The Morgan fingerprint density at radius 1 is 1.12 bits per heavy atom. The molecule has 0 aliphatic heterocycles. The van der Waals surface area contributed by atoms with E-state index >= 15 is 0 Å². The van der Waals surface area contributed by atoms with Crippen LogP contribution in [0, 0.1) is 0 Å². The van der Waals surface area contributed by atoms with Crippen molar-refractivity contribution < 1.29 is 27.1 Å². The number of carbonyl (C=O) groups is 1. The largest absolute Gasteiger partial charge is 0.492 e. The van der Waals surface area contributed by atoms with E-state index in [1.54, 1.807) is 24.3 Å². The molecule has 0 unspecified atom stereocenters. The summed E-state index contributed by atoms with van der Waals surface area (Å²) in [5, 5.41) is 0.611. The molecule has 2 aromatic carbocycles. The molecule has 0 atom stereocenters. The summed E-state index contributed by atoms with van der Waals surface area (Å²) in [5.74, 6) is -0.250. The highest BCUT2D eigenvalue weighted by Crippen LogP contribution is 2.38. The van der Waals surface area contributed by atoms with Gasteiger partial charge in [0, 0.05) is 23.9 Å². The quantitative estimate of drug-likeness (QED) is 0.340. The predicted octanol–water partition coefficient (Wildman–Crippen LogP) is 6.36. The number of halogens is 3. The number of para-hydroxylation sites is 1. The van der Waals surface area contributed by atoms with Crippen molar-refractivity contribution in [3.8, 4) is 5.75 Å². The molecular weight excluding hydrogens is 419 g/mol. The second kappa shape index (κ2) is 10.2. The van der Waals surface area contributed by atoms with Gasteiger partial charge >= 0.3 is 6.18 Å². The first-order valence-corrected chi connectivity index (χ1v) is 10.8. The van der Waals surface area contributed by atoms with Gasteiger partial charge in [0.2, 0.25) is 0 Å². The van der Waals surface area contributed by atoms with Crippen LogP contribution in [0.4, 0.5) is 13.2 Å². The first-order valence-electron chi connectivity index (χ1n) is 10.8. The Morgan fingerprint density at radius 3 is 2.56 bits per heavy atom. The van der Waals surface area contributed by atoms with Crippen LogP contribution in [0.15, 0.2) is 46.9 Å². The number of ether oxygens (including phenoxy) is 1. The van der Waals surface area contributed by atoms with Crippen LogP contribution in [0.1, 0.15) is 53.9 Å². The van der Waals surface area contributed by atoms with Crippen LogP contribution in [0.3, 0.4) is 0 Å². The number of rotatable bonds is 10. The van der Waals surface area contributed by atoms with E-state index in [0.717, 1.165) is 25.5 Å². The Hall–Kier alpha value is -2.80. The van der Waals surface area contributed by atoms with E-state index in [-0.39, 0.29) is 17.9 Å². The molecule has 0 amide bonds. The molecule has 4 nitrogen and oxygen atoms in total. The van der Waals surface area contributed by atoms with Gasteiger partial charge in [0.25, 0.3) is 0 Å². The lowest BCUT2D eigenvalue weighted by molar-refractivity contribution is -0.139. The van der Waals surface area contributed by atoms with Crippen LogP contribution in [-0.4, -0.2) is 37.4 Å². The van der Waals surface area contributed by atoms with Crippen molar-refractivity contribution in [1.82, 2.24) is 4.90 Å². The summed E-state index contributed by atoms with van der Waals surface area (Å²) < 4.78 is 52.6. The fraction of sp³-hybridized carbons (Fsp3) is 0.400. The lowest BCUT2D eigenvalue weighted by Crippen LogP contribution is -2.24.